The van der Waals surface area contributed by atoms with E-state index in [1.807, 2.05) is 31.2 Å². The summed E-state index contributed by atoms with van der Waals surface area (Å²) in [5.41, 5.74) is 3.29. The van der Waals surface area contributed by atoms with Crippen molar-refractivity contribution in [3.8, 4) is 11.5 Å². The van der Waals surface area contributed by atoms with E-state index in [4.69, 9.17) is 14.2 Å². The number of aryl methyl sites for hydroxylation is 2. The molecule has 47 heavy (non-hydrogen) atoms. The number of unbranched alkanes of at least 4 members (excludes halogenated alkanes) is 1. The van der Waals surface area contributed by atoms with Gasteiger partial charge in [-0.15, -0.1) is 0 Å². The van der Waals surface area contributed by atoms with E-state index in [0.29, 0.717) is 41.5 Å². The smallest absolute Gasteiger partial charge is 0.350 e. The number of thiazole rings is 1. The molecule has 2 heterocycles. The van der Waals surface area contributed by atoms with Crippen LogP contribution in [0.3, 0.4) is 0 Å². The van der Waals surface area contributed by atoms with Crippen molar-refractivity contribution in [3.05, 3.63) is 124 Å². The summed E-state index contributed by atoms with van der Waals surface area (Å²) in [5.74, 6) is -1.49. The monoisotopic (exact) mass is 652 g/mol. The molecule has 1 fully saturated rings. The molecule has 0 saturated carbocycles. The van der Waals surface area contributed by atoms with Crippen molar-refractivity contribution in [1.82, 2.24) is 4.98 Å². The number of aromatic nitrogens is 1. The van der Waals surface area contributed by atoms with Crippen LogP contribution in [0.5, 0.6) is 11.5 Å². The molecule has 1 unspecified atom stereocenters. The zero-order valence-corrected chi connectivity index (χ0v) is 27.3. The van der Waals surface area contributed by atoms with Gasteiger partial charge in [0.25, 0.3) is 5.78 Å². The number of ether oxygens (including phenoxy) is 3. The Morgan fingerprint density at radius 3 is 2.36 bits per heavy atom. The maximum Gasteiger partial charge on any atom is 0.350 e. The second-order valence-corrected chi connectivity index (χ2v) is 12.0. The molecular formula is C37H36N2O7S. The normalized spacial score (nSPS) is 15.5. The third kappa shape index (κ3) is 7.28. The molecule has 1 N–H and O–H groups in total. The molecule has 0 radical (unpaired) electrons. The van der Waals surface area contributed by atoms with Crippen molar-refractivity contribution < 1.29 is 33.7 Å². The molecule has 1 aliphatic rings. The average Bonchev–Trinajstić information content (AvgIpc) is 3.59. The number of aliphatic hydroxyl groups excluding tert-OH is 1. The first-order valence-corrected chi connectivity index (χ1v) is 16.1. The summed E-state index contributed by atoms with van der Waals surface area (Å²) in [5, 5.41) is 11.7. The lowest BCUT2D eigenvalue weighted by Gasteiger charge is -2.23. The first kappa shape index (κ1) is 33.2. The minimum atomic E-state index is -1.03. The number of ketones is 1. The van der Waals surface area contributed by atoms with E-state index < -0.39 is 23.7 Å². The highest BCUT2D eigenvalue weighted by Crippen LogP contribution is 2.44. The largest absolute Gasteiger partial charge is 0.507 e. The number of anilines is 1. The fourth-order valence-corrected chi connectivity index (χ4v) is 6.09. The van der Waals surface area contributed by atoms with Gasteiger partial charge < -0.3 is 19.3 Å². The Kier molecular flexibility index (Phi) is 10.5. The molecule has 10 heteroatoms. The quantitative estimate of drug-likeness (QED) is 0.0395. The molecule has 1 aromatic heterocycles. The second kappa shape index (κ2) is 14.9. The number of hydrogen-bond acceptors (Lipinski definition) is 9. The highest BCUT2D eigenvalue weighted by molar-refractivity contribution is 7.17. The number of rotatable bonds is 13. The first-order valence-electron chi connectivity index (χ1n) is 15.3. The summed E-state index contributed by atoms with van der Waals surface area (Å²) < 4.78 is 17.0. The van der Waals surface area contributed by atoms with Gasteiger partial charge >= 0.3 is 11.9 Å². The zero-order valence-electron chi connectivity index (χ0n) is 26.5. The molecule has 3 aromatic carbocycles. The summed E-state index contributed by atoms with van der Waals surface area (Å²) in [4.78, 5) is 45.9. The summed E-state index contributed by atoms with van der Waals surface area (Å²) in [6, 6.07) is 20.6. The van der Waals surface area contributed by atoms with E-state index in [-0.39, 0.29) is 27.9 Å². The number of esters is 1. The number of hydrogen-bond donors (Lipinski definition) is 1. The lowest BCUT2D eigenvalue weighted by molar-refractivity contribution is -0.132. The van der Waals surface area contributed by atoms with Crippen LogP contribution in [0.1, 0.15) is 63.4 Å². The van der Waals surface area contributed by atoms with Gasteiger partial charge in [-0.05, 0) is 73.4 Å². The van der Waals surface area contributed by atoms with E-state index >= 15 is 0 Å². The van der Waals surface area contributed by atoms with Crippen LogP contribution < -0.4 is 14.4 Å². The topological polar surface area (TPSA) is 115 Å². The summed E-state index contributed by atoms with van der Waals surface area (Å²) >= 11 is 0.940. The van der Waals surface area contributed by atoms with Crippen LogP contribution in [0.2, 0.25) is 0 Å². The molecule has 1 amide bonds. The van der Waals surface area contributed by atoms with E-state index in [0.717, 1.165) is 35.3 Å². The van der Waals surface area contributed by atoms with Gasteiger partial charge in [0.1, 0.15) is 35.3 Å². The average molecular weight is 653 g/mol. The summed E-state index contributed by atoms with van der Waals surface area (Å²) in [7, 11) is 0. The Hall–Kier alpha value is -5.22. The number of Topliss-reactive ketones (excluding diaryl/α,β-unsaturated/α-hetero) is 1. The van der Waals surface area contributed by atoms with Gasteiger partial charge in [-0.3, -0.25) is 14.5 Å². The molecule has 242 valence electrons. The third-order valence-corrected chi connectivity index (χ3v) is 8.84. The lowest BCUT2D eigenvalue weighted by Crippen LogP contribution is -2.29. The molecule has 1 saturated heterocycles. The summed E-state index contributed by atoms with van der Waals surface area (Å²) in [6.45, 7) is 10.2. The lowest BCUT2D eigenvalue weighted by atomic mass is 9.95. The number of carbonyl (C=O) groups is 3. The zero-order chi connectivity index (χ0) is 33.5. The summed E-state index contributed by atoms with van der Waals surface area (Å²) in [6.07, 6.45) is 3.34. The van der Waals surface area contributed by atoms with Crippen molar-refractivity contribution in [1.29, 1.82) is 0 Å². The van der Waals surface area contributed by atoms with Crippen molar-refractivity contribution in [2.75, 3.05) is 18.1 Å². The second-order valence-electron chi connectivity index (χ2n) is 11.0. The molecule has 9 nitrogen and oxygen atoms in total. The number of nitrogens with zero attached hydrogens (tertiary/aromatic N) is 2. The van der Waals surface area contributed by atoms with Gasteiger partial charge in [-0.1, -0.05) is 73.7 Å². The minimum absolute atomic E-state index is 0.0123. The molecule has 4 aromatic rings. The molecule has 5 rings (SSSR count). The van der Waals surface area contributed by atoms with Crippen molar-refractivity contribution in [2.24, 2.45) is 0 Å². The van der Waals surface area contributed by atoms with Crippen molar-refractivity contribution in [2.45, 2.75) is 46.3 Å². The molecule has 0 aliphatic carbocycles. The molecule has 1 aliphatic heterocycles. The van der Waals surface area contributed by atoms with E-state index in [1.165, 1.54) is 11.0 Å². The fraction of sp³-hybridized carbons (Fsp3) is 0.243. The first-order chi connectivity index (χ1) is 22.7. The van der Waals surface area contributed by atoms with Gasteiger partial charge in [-0.25, -0.2) is 9.78 Å². The predicted molar refractivity (Wildman–Crippen MR) is 181 cm³/mol. The van der Waals surface area contributed by atoms with Crippen LogP contribution in [0, 0.1) is 13.8 Å². The van der Waals surface area contributed by atoms with E-state index in [2.05, 4.69) is 18.5 Å². The number of amides is 1. The van der Waals surface area contributed by atoms with Gasteiger partial charge in [-0.2, -0.15) is 0 Å². The van der Waals surface area contributed by atoms with Gasteiger partial charge in [0, 0.05) is 5.56 Å². The van der Waals surface area contributed by atoms with Gasteiger partial charge in [0.2, 0.25) is 0 Å². The minimum Gasteiger partial charge on any atom is -0.507 e. The van der Waals surface area contributed by atoms with Crippen molar-refractivity contribution in [3.63, 3.8) is 0 Å². The Morgan fingerprint density at radius 1 is 1.00 bits per heavy atom. The van der Waals surface area contributed by atoms with Gasteiger partial charge in [0.15, 0.2) is 5.13 Å². The molecule has 0 bridgehead atoms. The van der Waals surface area contributed by atoms with Crippen LogP contribution in [-0.4, -0.2) is 41.0 Å². The number of benzene rings is 3. The van der Waals surface area contributed by atoms with Crippen molar-refractivity contribution >= 4 is 39.9 Å². The molecule has 0 spiro atoms. The van der Waals surface area contributed by atoms with Crippen LogP contribution in [0.25, 0.3) is 5.76 Å². The standard InChI is InChI=1S/C37H36N2O7S/c1-5-7-21-44-28-16-12-25(13-17-28)31-30(32(40)26-14-18-29(19-15-26)46-22-27-11-9-8-10-23(27)3)33(41)35(42)39(31)37-38-24(4)34(47-37)36(43)45-20-6-2/h6,8-19,31,40H,2,5,7,20-22H2,1,3-4H3. The Balaban J connectivity index is 1.51. The highest BCUT2D eigenvalue weighted by Gasteiger charge is 2.48. The number of carbonyl (C=O) groups excluding carboxylic acids is 3. The maximum absolute atomic E-state index is 13.7. The predicted octanol–water partition coefficient (Wildman–Crippen LogP) is 7.49. The van der Waals surface area contributed by atoms with Crippen LogP contribution in [-0.2, 0) is 20.9 Å². The van der Waals surface area contributed by atoms with Crippen LogP contribution >= 0.6 is 11.3 Å². The third-order valence-electron chi connectivity index (χ3n) is 7.70. The van der Waals surface area contributed by atoms with Crippen LogP contribution in [0.15, 0.2) is 91.0 Å². The maximum atomic E-state index is 13.7. The highest BCUT2D eigenvalue weighted by atomic mass is 32.1. The Bertz CT molecular complexity index is 1810. The molecular weight excluding hydrogens is 616 g/mol. The van der Waals surface area contributed by atoms with Crippen LogP contribution in [0.4, 0.5) is 5.13 Å². The fourth-order valence-electron chi connectivity index (χ4n) is 5.10. The Morgan fingerprint density at radius 2 is 1.68 bits per heavy atom. The SMILES string of the molecule is C=CCOC(=O)c1sc(N2C(=O)C(=O)C(=C(O)c3ccc(OCc4ccccc4C)cc3)C2c2ccc(OCCCC)cc2)nc1C. The molecule has 1 atom stereocenters. The van der Waals surface area contributed by atoms with Gasteiger partial charge in [0.05, 0.1) is 23.9 Å². The Labute approximate surface area is 277 Å². The number of aliphatic hydroxyl groups is 1. The van der Waals surface area contributed by atoms with E-state index in [9.17, 15) is 19.5 Å². The van der Waals surface area contributed by atoms with E-state index in [1.54, 1.807) is 55.5 Å².